The number of thioether (sulfide) groups is 1. The van der Waals surface area contributed by atoms with Crippen LogP contribution in [0.25, 0.3) is 0 Å². The van der Waals surface area contributed by atoms with E-state index < -0.39 is 0 Å². The molecule has 0 N–H and O–H groups in total. The van der Waals surface area contributed by atoms with Crippen molar-refractivity contribution < 1.29 is 4.79 Å². The minimum absolute atomic E-state index is 0.0251. The summed E-state index contributed by atoms with van der Waals surface area (Å²) in [5.74, 6) is 2.38. The van der Waals surface area contributed by atoms with Crippen LogP contribution in [0.1, 0.15) is 56.7 Å². The fourth-order valence-electron chi connectivity index (χ4n) is 3.39. The van der Waals surface area contributed by atoms with Gasteiger partial charge in [0.2, 0.25) is 5.91 Å². The topological polar surface area (TPSA) is 51.0 Å². The van der Waals surface area contributed by atoms with E-state index in [4.69, 9.17) is 0 Å². The van der Waals surface area contributed by atoms with Crippen molar-refractivity contribution in [3.8, 4) is 0 Å². The fraction of sp³-hybridized carbons (Fsp3) is 0.800. The monoisotopic (exact) mass is 308 g/mol. The number of aryl methyl sites for hydroxylation is 1. The van der Waals surface area contributed by atoms with E-state index in [9.17, 15) is 4.79 Å². The zero-order valence-corrected chi connectivity index (χ0v) is 13.7. The predicted molar refractivity (Wildman–Crippen MR) is 84.2 cm³/mol. The van der Waals surface area contributed by atoms with Gasteiger partial charge < -0.3 is 9.47 Å². The minimum atomic E-state index is 0.0251. The number of aromatic nitrogens is 3. The van der Waals surface area contributed by atoms with Crippen molar-refractivity contribution in [2.45, 2.75) is 63.3 Å². The zero-order valence-electron chi connectivity index (χ0n) is 12.9. The number of fused-ring (bicyclic) bond motifs is 1. The van der Waals surface area contributed by atoms with Crippen molar-refractivity contribution in [1.29, 1.82) is 0 Å². The molecule has 1 fully saturated rings. The summed E-state index contributed by atoms with van der Waals surface area (Å²) < 4.78 is 2.28. The van der Waals surface area contributed by atoms with E-state index in [1.165, 1.54) is 19.3 Å². The Morgan fingerprint density at radius 2 is 2.10 bits per heavy atom. The van der Waals surface area contributed by atoms with Crippen LogP contribution >= 0.6 is 11.8 Å². The summed E-state index contributed by atoms with van der Waals surface area (Å²) in [6.45, 7) is 3.86. The number of amides is 1. The molecule has 0 unspecified atom stereocenters. The zero-order chi connectivity index (χ0) is 14.8. The lowest BCUT2D eigenvalue weighted by Crippen LogP contribution is -2.37. The van der Waals surface area contributed by atoms with E-state index >= 15 is 0 Å². The Morgan fingerprint density at radius 1 is 1.24 bits per heavy atom. The number of nitrogens with zero attached hydrogens (tertiary/aromatic N) is 4. The Bertz CT molecular complexity index is 516. The van der Waals surface area contributed by atoms with Crippen LogP contribution in [0.15, 0.2) is 0 Å². The van der Waals surface area contributed by atoms with Crippen LogP contribution in [0.4, 0.5) is 0 Å². The van der Waals surface area contributed by atoms with Gasteiger partial charge in [-0.3, -0.25) is 4.79 Å². The predicted octanol–water partition coefficient (Wildman–Crippen LogP) is 2.42. The molecule has 2 atom stereocenters. The molecule has 6 heteroatoms. The lowest BCUT2D eigenvalue weighted by molar-refractivity contribution is -0.131. The van der Waals surface area contributed by atoms with Gasteiger partial charge in [-0.1, -0.05) is 6.42 Å². The maximum absolute atomic E-state index is 12.6. The first-order chi connectivity index (χ1) is 10.2. The molecular weight excluding hydrogens is 284 g/mol. The van der Waals surface area contributed by atoms with E-state index in [1.54, 1.807) is 11.8 Å². The highest BCUT2D eigenvalue weighted by atomic mass is 32.2. The highest BCUT2D eigenvalue weighted by molar-refractivity contribution is 7.99. The maximum Gasteiger partial charge on any atom is 0.236 e. The van der Waals surface area contributed by atoms with Gasteiger partial charge in [-0.2, -0.15) is 11.8 Å². The summed E-state index contributed by atoms with van der Waals surface area (Å²) in [5.41, 5.74) is 0. The second-order valence-electron chi connectivity index (χ2n) is 6.00. The number of hydrogen-bond acceptors (Lipinski definition) is 4. The molecule has 116 valence electrons. The molecule has 1 aromatic heterocycles. The molecule has 0 aromatic carbocycles. The van der Waals surface area contributed by atoms with Gasteiger partial charge in [0, 0.05) is 19.5 Å². The molecule has 21 heavy (non-hydrogen) atoms. The Hall–Kier alpha value is -1.04. The van der Waals surface area contributed by atoms with Gasteiger partial charge in [0.25, 0.3) is 0 Å². The van der Waals surface area contributed by atoms with Crippen LogP contribution in [0.2, 0.25) is 0 Å². The van der Waals surface area contributed by atoms with Gasteiger partial charge in [0.1, 0.15) is 5.82 Å². The number of carbonyl (C=O) groups is 1. The summed E-state index contributed by atoms with van der Waals surface area (Å²) in [6, 6.07) is 0.131. The van der Waals surface area contributed by atoms with Crippen LogP contribution < -0.4 is 0 Å². The van der Waals surface area contributed by atoms with Crippen molar-refractivity contribution in [2.24, 2.45) is 0 Å². The van der Waals surface area contributed by atoms with E-state index in [2.05, 4.69) is 14.8 Å². The number of likely N-dealkylation sites (tertiary alicyclic amines) is 1. The summed E-state index contributed by atoms with van der Waals surface area (Å²) in [7, 11) is 0. The first-order valence-electron chi connectivity index (χ1n) is 7.97. The molecule has 3 rings (SSSR count). The lowest BCUT2D eigenvalue weighted by Gasteiger charge is -2.26. The molecule has 1 saturated heterocycles. The quantitative estimate of drug-likeness (QED) is 0.860. The van der Waals surface area contributed by atoms with Crippen LogP contribution in [0.5, 0.6) is 0 Å². The third-order valence-electron chi connectivity index (χ3n) is 4.67. The minimum Gasteiger partial charge on any atom is -0.331 e. The average Bonchev–Trinajstić information content (AvgIpc) is 3.06. The van der Waals surface area contributed by atoms with Crippen molar-refractivity contribution in [2.75, 3.05) is 12.8 Å². The molecule has 0 bridgehead atoms. The van der Waals surface area contributed by atoms with Crippen LogP contribution in [0.3, 0.4) is 0 Å². The summed E-state index contributed by atoms with van der Waals surface area (Å²) in [6.07, 6.45) is 8.77. The van der Waals surface area contributed by atoms with Crippen molar-refractivity contribution >= 4 is 17.7 Å². The first-order valence-corrected chi connectivity index (χ1v) is 9.26. The molecular formula is C15H24N4OS. The van der Waals surface area contributed by atoms with Crippen molar-refractivity contribution in [3.63, 3.8) is 0 Å². The Kier molecular flexibility index (Phi) is 4.52. The van der Waals surface area contributed by atoms with Crippen molar-refractivity contribution in [3.05, 3.63) is 11.6 Å². The van der Waals surface area contributed by atoms with E-state index in [0.717, 1.165) is 44.0 Å². The van der Waals surface area contributed by atoms with Gasteiger partial charge in [-0.15, -0.1) is 10.2 Å². The average molecular weight is 308 g/mol. The standard InChI is InChI=1S/C15H24N4OS/c1-11(21-2)15(20)18-10-6-7-12(18)14-17-16-13-8-4-3-5-9-19(13)14/h11-12H,3-10H2,1-2H3/t11-,12+/m0/s1. The molecule has 0 radical (unpaired) electrons. The molecule has 0 spiro atoms. The van der Waals surface area contributed by atoms with Crippen molar-refractivity contribution in [1.82, 2.24) is 19.7 Å². The number of hydrogen-bond donors (Lipinski definition) is 0. The van der Waals surface area contributed by atoms with Crippen LogP contribution in [0, 0.1) is 0 Å². The lowest BCUT2D eigenvalue weighted by atomic mass is 10.2. The van der Waals surface area contributed by atoms with Crippen LogP contribution in [-0.2, 0) is 17.8 Å². The van der Waals surface area contributed by atoms with E-state index in [1.807, 2.05) is 18.1 Å². The molecule has 2 aliphatic heterocycles. The Labute approximate surface area is 130 Å². The summed E-state index contributed by atoms with van der Waals surface area (Å²) >= 11 is 1.62. The SMILES string of the molecule is CS[C@@H](C)C(=O)N1CCC[C@@H]1c1nnc2n1CCCCC2. The van der Waals surface area contributed by atoms with Gasteiger partial charge in [-0.25, -0.2) is 0 Å². The molecule has 2 aliphatic rings. The van der Waals surface area contributed by atoms with E-state index in [-0.39, 0.29) is 17.2 Å². The first kappa shape index (κ1) is 14.9. The highest BCUT2D eigenvalue weighted by Crippen LogP contribution is 2.33. The molecule has 3 heterocycles. The van der Waals surface area contributed by atoms with Gasteiger partial charge in [-0.05, 0) is 38.9 Å². The highest BCUT2D eigenvalue weighted by Gasteiger charge is 2.35. The molecule has 1 amide bonds. The number of rotatable bonds is 3. The Balaban J connectivity index is 1.85. The van der Waals surface area contributed by atoms with Crippen LogP contribution in [-0.4, -0.2) is 43.6 Å². The third-order valence-corrected chi connectivity index (χ3v) is 5.58. The van der Waals surface area contributed by atoms with Gasteiger partial charge in [0.05, 0.1) is 11.3 Å². The molecule has 1 aromatic rings. The smallest absolute Gasteiger partial charge is 0.236 e. The Morgan fingerprint density at radius 3 is 2.90 bits per heavy atom. The second kappa shape index (κ2) is 6.38. The second-order valence-corrected chi connectivity index (χ2v) is 7.18. The molecule has 5 nitrogen and oxygen atoms in total. The molecule has 0 aliphatic carbocycles. The third kappa shape index (κ3) is 2.82. The largest absolute Gasteiger partial charge is 0.331 e. The van der Waals surface area contributed by atoms with E-state index in [0.29, 0.717) is 0 Å². The maximum atomic E-state index is 12.6. The summed E-state index contributed by atoms with van der Waals surface area (Å²) in [4.78, 5) is 14.6. The van der Waals surface area contributed by atoms with Gasteiger partial charge >= 0.3 is 0 Å². The van der Waals surface area contributed by atoms with Gasteiger partial charge in [0.15, 0.2) is 5.82 Å². The normalized spacial score (nSPS) is 23.7. The fourth-order valence-corrected chi connectivity index (χ4v) is 3.72. The molecule has 0 saturated carbocycles. The summed E-state index contributed by atoms with van der Waals surface area (Å²) in [5, 5.41) is 8.87. The number of carbonyl (C=O) groups excluding carboxylic acids is 1.